The lowest BCUT2D eigenvalue weighted by Crippen LogP contribution is -1.78. The van der Waals surface area contributed by atoms with Crippen molar-refractivity contribution in [2.24, 2.45) is 4.99 Å². The molecule has 0 unspecified atom stereocenters. The van der Waals surface area contributed by atoms with Crippen LogP contribution in [0.2, 0.25) is 0 Å². The molecule has 13 heavy (non-hydrogen) atoms. The fraction of sp³-hybridized carbons (Fsp3) is 0.182. The fourth-order valence-electron chi connectivity index (χ4n) is 0.709. The van der Waals surface area contributed by atoms with Crippen LogP contribution in [0.15, 0.2) is 53.4 Å². The van der Waals surface area contributed by atoms with E-state index in [2.05, 4.69) is 18.3 Å². The van der Waals surface area contributed by atoms with Gasteiger partial charge >= 0.3 is 0 Å². The second-order valence-electron chi connectivity index (χ2n) is 2.37. The van der Waals surface area contributed by atoms with E-state index < -0.39 is 0 Å². The van der Waals surface area contributed by atoms with Crippen molar-refractivity contribution in [1.29, 1.82) is 0 Å². The number of nitrogens with zero attached hydrogens (tertiary/aromatic N) is 1. The molecule has 2 heteroatoms. The second kappa shape index (κ2) is 7.10. The van der Waals surface area contributed by atoms with Crippen LogP contribution in [0.25, 0.3) is 0 Å². The van der Waals surface area contributed by atoms with E-state index in [-0.39, 0.29) is 0 Å². The van der Waals surface area contributed by atoms with Crippen LogP contribution in [-0.4, -0.2) is 13.8 Å². The second-order valence-corrected chi connectivity index (χ2v) is 2.37. The van der Waals surface area contributed by atoms with Gasteiger partial charge in [-0.05, 0) is 13.6 Å². The van der Waals surface area contributed by atoms with Crippen LogP contribution < -0.4 is 0 Å². The van der Waals surface area contributed by atoms with Gasteiger partial charge in [-0.25, -0.2) is 4.99 Å². The lowest BCUT2D eigenvalue weighted by atomic mass is 10.2. The molecule has 0 N–H and O–H groups in total. The maximum absolute atomic E-state index is 4.88. The highest BCUT2D eigenvalue weighted by molar-refractivity contribution is 5.29. The van der Waals surface area contributed by atoms with Crippen LogP contribution in [0.4, 0.5) is 0 Å². The van der Waals surface area contributed by atoms with Crippen molar-refractivity contribution in [3.63, 3.8) is 0 Å². The van der Waals surface area contributed by atoms with Gasteiger partial charge in [0.05, 0.1) is 7.11 Å². The molecule has 0 aromatic rings. The van der Waals surface area contributed by atoms with Gasteiger partial charge in [-0.1, -0.05) is 36.5 Å². The third-order valence-corrected chi connectivity index (χ3v) is 1.34. The van der Waals surface area contributed by atoms with E-state index >= 15 is 0 Å². The Hall–Kier alpha value is -1.57. The Morgan fingerprint density at radius 1 is 1.38 bits per heavy atom. The molecule has 0 saturated carbocycles. The van der Waals surface area contributed by atoms with E-state index in [0.29, 0.717) is 5.88 Å². The molecule has 0 amide bonds. The average Bonchev–Trinajstić information content (AvgIpc) is 2.13. The topological polar surface area (TPSA) is 21.6 Å². The van der Waals surface area contributed by atoms with Gasteiger partial charge in [-0.15, -0.1) is 0 Å². The third-order valence-electron chi connectivity index (χ3n) is 1.34. The summed E-state index contributed by atoms with van der Waals surface area (Å²) >= 11 is 0. The Labute approximate surface area is 79.6 Å². The summed E-state index contributed by atoms with van der Waals surface area (Å²) in [6.07, 6.45) is 9.19. The van der Waals surface area contributed by atoms with Gasteiger partial charge in [0.15, 0.2) is 0 Å². The number of allylic oxidation sites excluding steroid dienone is 6. The van der Waals surface area contributed by atoms with Gasteiger partial charge in [0.1, 0.15) is 0 Å². The van der Waals surface area contributed by atoms with Crippen LogP contribution >= 0.6 is 0 Å². The lowest BCUT2D eigenvalue weighted by Gasteiger charge is -1.94. The number of methoxy groups -OCH3 is 1. The van der Waals surface area contributed by atoms with Crippen molar-refractivity contribution < 1.29 is 4.74 Å². The van der Waals surface area contributed by atoms with Crippen LogP contribution in [0.3, 0.4) is 0 Å². The monoisotopic (exact) mass is 177 g/mol. The summed E-state index contributed by atoms with van der Waals surface area (Å²) in [6, 6.07) is 0. The maximum Gasteiger partial charge on any atom is 0.212 e. The summed E-state index contributed by atoms with van der Waals surface area (Å²) in [5, 5.41) is 0. The molecule has 0 atom stereocenters. The molecule has 70 valence electrons. The van der Waals surface area contributed by atoms with Gasteiger partial charge < -0.3 is 4.74 Å². The van der Waals surface area contributed by atoms with Crippen LogP contribution in [0.1, 0.15) is 6.92 Å². The molecule has 0 rings (SSSR count). The molecule has 0 radical (unpaired) electrons. The van der Waals surface area contributed by atoms with Gasteiger partial charge in [-0.3, -0.25) is 0 Å². The predicted octanol–water partition coefficient (Wildman–Crippen LogP) is 2.86. The third kappa shape index (κ3) is 5.67. The SMILES string of the molecule is C=C/C=C(C)/C=C/C=C(/N=C)OC. The van der Waals surface area contributed by atoms with Crippen molar-refractivity contribution in [3.05, 3.63) is 48.4 Å². The molecule has 0 aliphatic rings. The molecule has 0 spiro atoms. The number of rotatable bonds is 5. The molecule has 0 bridgehead atoms. The first-order valence-electron chi connectivity index (χ1n) is 3.93. The molecule has 0 fully saturated rings. The molecular weight excluding hydrogens is 162 g/mol. The van der Waals surface area contributed by atoms with E-state index in [1.165, 1.54) is 0 Å². The van der Waals surface area contributed by atoms with Gasteiger partial charge in [0.25, 0.3) is 0 Å². The Morgan fingerprint density at radius 2 is 2.08 bits per heavy atom. The summed E-state index contributed by atoms with van der Waals surface area (Å²) in [7, 11) is 1.56. The Morgan fingerprint density at radius 3 is 2.54 bits per heavy atom. The number of aliphatic imine (C=N–C) groups is 1. The Kier molecular flexibility index (Phi) is 6.24. The Bertz CT molecular complexity index is 259. The quantitative estimate of drug-likeness (QED) is 0.359. The van der Waals surface area contributed by atoms with E-state index in [9.17, 15) is 0 Å². The molecule has 2 nitrogen and oxygen atoms in total. The smallest absolute Gasteiger partial charge is 0.212 e. The minimum absolute atomic E-state index is 0.502. The zero-order chi connectivity index (χ0) is 10.1. The first-order valence-corrected chi connectivity index (χ1v) is 3.93. The van der Waals surface area contributed by atoms with Gasteiger partial charge in [-0.2, -0.15) is 0 Å². The summed E-state index contributed by atoms with van der Waals surface area (Å²) < 4.78 is 4.88. The lowest BCUT2D eigenvalue weighted by molar-refractivity contribution is 0.289. The summed E-state index contributed by atoms with van der Waals surface area (Å²) in [4.78, 5) is 3.65. The summed E-state index contributed by atoms with van der Waals surface area (Å²) in [5.41, 5.74) is 1.12. The molecule has 0 heterocycles. The number of hydrogen-bond acceptors (Lipinski definition) is 2. The molecule has 0 aromatic heterocycles. The van der Waals surface area contributed by atoms with E-state index in [1.54, 1.807) is 19.3 Å². The van der Waals surface area contributed by atoms with Crippen LogP contribution in [0, 0.1) is 0 Å². The molecule has 0 aliphatic carbocycles. The van der Waals surface area contributed by atoms with Crippen molar-refractivity contribution in [2.45, 2.75) is 6.92 Å². The van der Waals surface area contributed by atoms with Crippen molar-refractivity contribution in [3.8, 4) is 0 Å². The highest BCUT2D eigenvalue weighted by Crippen LogP contribution is 1.99. The summed E-state index contributed by atoms with van der Waals surface area (Å²) in [5.74, 6) is 0.502. The molecule has 0 aromatic carbocycles. The zero-order valence-corrected chi connectivity index (χ0v) is 8.16. The minimum Gasteiger partial charge on any atom is -0.481 e. The molecular formula is C11H15NO. The van der Waals surface area contributed by atoms with Crippen molar-refractivity contribution in [1.82, 2.24) is 0 Å². The number of hydrogen-bond donors (Lipinski definition) is 0. The highest BCUT2D eigenvalue weighted by atomic mass is 16.5. The highest BCUT2D eigenvalue weighted by Gasteiger charge is 1.83. The van der Waals surface area contributed by atoms with Crippen molar-refractivity contribution in [2.75, 3.05) is 7.11 Å². The zero-order valence-electron chi connectivity index (χ0n) is 8.16. The van der Waals surface area contributed by atoms with Crippen LogP contribution in [-0.2, 0) is 4.74 Å². The van der Waals surface area contributed by atoms with E-state index in [4.69, 9.17) is 4.74 Å². The summed E-state index contributed by atoms with van der Waals surface area (Å²) in [6.45, 7) is 8.94. The van der Waals surface area contributed by atoms with Crippen molar-refractivity contribution >= 4 is 6.72 Å². The maximum atomic E-state index is 4.88. The molecule has 0 saturated heterocycles. The Balaban J connectivity index is 4.27. The predicted molar refractivity (Wildman–Crippen MR) is 57.7 cm³/mol. The first-order chi connectivity index (χ1) is 6.24. The van der Waals surface area contributed by atoms with E-state index in [1.807, 2.05) is 25.2 Å². The number of ether oxygens (including phenoxy) is 1. The van der Waals surface area contributed by atoms with Gasteiger partial charge in [0.2, 0.25) is 5.88 Å². The van der Waals surface area contributed by atoms with Gasteiger partial charge in [0, 0.05) is 6.08 Å². The molecule has 0 aliphatic heterocycles. The average molecular weight is 177 g/mol. The van der Waals surface area contributed by atoms with Crippen LogP contribution in [0.5, 0.6) is 0 Å². The standard InChI is InChI=1S/C11H15NO/c1-5-7-10(2)8-6-9-11(12-3)13-4/h5-9H,1,3H2,2,4H3/b8-6+,10-7+,11-9-. The normalized spacial score (nSPS) is 13.1. The van der Waals surface area contributed by atoms with E-state index in [0.717, 1.165) is 5.57 Å². The first kappa shape index (κ1) is 11.4. The largest absolute Gasteiger partial charge is 0.481 e. The fourth-order valence-corrected chi connectivity index (χ4v) is 0.709. The minimum atomic E-state index is 0.502.